The summed E-state index contributed by atoms with van der Waals surface area (Å²) in [4.78, 5) is 23.0. The lowest BCUT2D eigenvalue weighted by atomic mass is 9.99. The van der Waals surface area contributed by atoms with E-state index in [1.165, 1.54) is 0 Å². The van der Waals surface area contributed by atoms with Gasteiger partial charge in [0.25, 0.3) is 0 Å². The van der Waals surface area contributed by atoms with Gasteiger partial charge in [0, 0.05) is 6.54 Å². The van der Waals surface area contributed by atoms with E-state index < -0.39 is 33.4 Å². The summed E-state index contributed by atoms with van der Waals surface area (Å²) in [6.45, 7) is 3.42. The standard InChI is InChI=1S/C16H23NO5S/c1-12(2)10-23(21,22)11-15(18)17-9-14(16(19)20)8-13-6-4-3-5-7-13/h3-7,12,14H,8-11H2,1-2H3,(H,17,18)(H,19,20). The van der Waals surface area contributed by atoms with E-state index in [2.05, 4.69) is 5.32 Å². The van der Waals surface area contributed by atoms with E-state index >= 15 is 0 Å². The number of carboxylic acids is 1. The average Bonchev–Trinajstić information content (AvgIpc) is 2.42. The number of aliphatic carboxylic acids is 1. The molecule has 0 bridgehead atoms. The van der Waals surface area contributed by atoms with Crippen molar-refractivity contribution >= 4 is 21.7 Å². The Morgan fingerprint density at radius 2 is 1.78 bits per heavy atom. The predicted octanol–water partition coefficient (Wildman–Crippen LogP) is 1.12. The molecule has 0 saturated carbocycles. The molecule has 0 aromatic heterocycles. The van der Waals surface area contributed by atoms with Gasteiger partial charge in [-0.1, -0.05) is 44.2 Å². The van der Waals surface area contributed by atoms with Gasteiger partial charge in [0.15, 0.2) is 9.84 Å². The summed E-state index contributed by atoms with van der Waals surface area (Å²) in [5, 5.41) is 11.6. The highest BCUT2D eigenvalue weighted by molar-refractivity contribution is 7.92. The SMILES string of the molecule is CC(C)CS(=O)(=O)CC(=O)NCC(Cc1ccccc1)C(=O)O. The van der Waals surface area contributed by atoms with Crippen LogP contribution in [0.15, 0.2) is 30.3 Å². The topological polar surface area (TPSA) is 101 Å². The van der Waals surface area contributed by atoms with Crippen LogP contribution in [-0.4, -0.2) is 43.5 Å². The van der Waals surface area contributed by atoms with Crippen LogP contribution in [0.3, 0.4) is 0 Å². The van der Waals surface area contributed by atoms with Crippen LogP contribution in [0.5, 0.6) is 0 Å². The molecule has 2 N–H and O–H groups in total. The Morgan fingerprint density at radius 3 is 2.30 bits per heavy atom. The minimum Gasteiger partial charge on any atom is -0.481 e. The van der Waals surface area contributed by atoms with E-state index in [9.17, 15) is 23.1 Å². The fourth-order valence-corrected chi connectivity index (χ4v) is 3.84. The molecule has 0 spiro atoms. The van der Waals surface area contributed by atoms with Crippen LogP contribution in [0, 0.1) is 11.8 Å². The predicted molar refractivity (Wildman–Crippen MR) is 87.8 cm³/mol. The summed E-state index contributed by atoms with van der Waals surface area (Å²) in [6, 6.07) is 9.08. The fraction of sp³-hybridized carbons (Fsp3) is 0.500. The average molecular weight is 341 g/mol. The molecule has 0 radical (unpaired) electrons. The van der Waals surface area contributed by atoms with Gasteiger partial charge >= 0.3 is 5.97 Å². The number of carboxylic acid groups (broad SMARTS) is 1. The molecule has 23 heavy (non-hydrogen) atoms. The number of carbonyl (C=O) groups excluding carboxylic acids is 1. The zero-order valence-electron chi connectivity index (χ0n) is 13.4. The maximum absolute atomic E-state index is 11.7. The van der Waals surface area contributed by atoms with Crippen LogP contribution in [-0.2, 0) is 25.8 Å². The first-order valence-electron chi connectivity index (χ1n) is 7.43. The van der Waals surface area contributed by atoms with Crippen molar-refractivity contribution in [2.45, 2.75) is 20.3 Å². The number of rotatable bonds is 9. The van der Waals surface area contributed by atoms with Crippen molar-refractivity contribution in [2.75, 3.05) is 18.1 Å². The van der Waals surface area contributed by atoms with Crippen molar-refractivity contribution < 1.29 is 23.1 Å². The fourth-order valence-electron chi connectivity index (χ4n) is 2.20. The smallest absolute Gasteiger partial charge is 0.308 e. The number of sulfone groups is 1. The van der Waals surface area contributed by atoms with Crippen LogP contribution < -0.4 is 5.32 Å². The molecule has 0 aliphatic heterocycles. The van der Waals surface area contributed by atoms with Crippen molar-refractivity contribution in [3.63, 3.8) is 0 Å². The third-order valence-corrected chi connectivity index (χ3v) is 5.03. The third kappa shape index (κ3) is 7.78. The van der Waals surface area contributed by atoms with E-state index in [4.69, 9.17) is 0 Å². The number of hydrogen-bond donors (Lipinski definition) is 2. The minimum atomic E-state index is -3.47. The molecule has 1 unspecified atom stereocenters. The van der Waals surface area contributed by atoms with Crippen molar-refractivity contribution in [1.29, 1.82) is 0 Å². The maximum Gasteiger partial charge on any atom is 0.308 e. The molecule has 1 rings (SSSR count). The van der Waals surface area contributed by atoms with Gasteiger partial charge in [-0.15, -0.1) is 0 Å². The quantitative estimate of drug-likeness (QED) is 0.701. The van der Waals surface area contributed by atoms with Crippen molar-refractivity contribution in [1.82, 2.24) is 5.32 Å². The molecule has 1 aromatic rings. The Morgan fingerprint density at radius 1 is 1.17 bits per heavy atom. The Hall–Kier alpha value is -1.89. The van der Waals surface area contributed by atoms with Gasteiger partial charge in [-0.05, 0) is 17.9 Å². The molecule has 6 nitrogen and oxygen atoms in total. The monoisotopic (exact) mass is 341 g/mol. The van der Waals surface area contributed by atoms with Gasteiger partial charge in [-0.25, -0.2) is 8.42 Å². The largest absolute Gasteiger partial charge is 0.481 e. The number of benzene rings is 1. The van der Waals surface area contributed by atoms with Crippen molar-refractivity contribution in [3.8, 4) is 0 Å². The number of amides is 1. The second kappa shape index (κ2) is 8.67. The van der Waals surface area contributed by atoms with Gasteiger partial charge in [0.05, 0.1) is 11.7 Å². The van der Waals surface area contributed by atoms with E-state index in [0.717, 1.165) is 5.56 Å². The Kier molecular flexibility index (Phi) is 7.22. The molecular formula is C16H23NO5S. The maximum atomic E-state index is 11.7. The molecular weight excluding hydrogens is 318 g/mol. The highest BCUT2D eigenvalue weighted by atomic mass is 32.2. The summed E-state index contributed by atoms with van der Waals surface area (Å²) < 4.78 is 23.5. The van der Waals surface area contributed by atoms with Crippen molar-refractivity contribution in [2.24, 2.45) is 11.8 Å². The Bertz CT molecular complexity index is 625. The lowest BCUT2D eigenvalue weighted by molar-refractivity contribution is -0.141. The van der Waals surface area contributed by atoms with E-state index in [1.807, 2.05) is 30.3 Å². The highest BCUT2D eigenvalue weighted by Gasteiger charge is 2.22. The lowest BCUT2D eigenvalue weighted by Gasteiger charge is -2.14. The van der Waals surface area contributed by atoms with E-state index in [0.29, 0.717) is 0 Å². The minimum absolute atomic E-state index is 0.0577. The van der Waals surface area contributed by atoms with Crippen LogP contribution >= 0.6 is 0 Å². The van der Waals surface area contributed by atoms with Gasteiger partial charge in [-0.2, -0.15) is 0 Å². The molecule has 1 atom stereocenters. The molecule has 128 valence electrons. The summed E-state index contributed by atoms with van der Waals surface area (Å²) in [6.07, 6.45) is 0.273. The first-order valence-corrected chi connectivity index (χ1v) is 9.25. The normalized spacial score (nSPS) is 12.8. The number of nitrogens with one attached hydrogen (secondary N) is 1. The van der Waals surface area contributed by atoms with Crippen LogP contribution in [0.1, 0.15) is 19.4 Å². The van der Waals surface area contributed by atoms with E-state index in [-0.39, 0.29) is 24.6 Å². The van der Waals surface area contributed by atoms with Crippen LogP contribution in [0.4, 0.5) is 0 Å². The van der Waals surface area contributed by atoms with E-state index in [1.54, 1.807) is 13.8 Å². The zero-order chi connectivity index (χ0) is 17.5. The highest BCUT2D eigenvalue weighted by Crippen LogP contribution is 2.08. The summed E-state index contributed by atoms with van der Waals surface area (Å²) in [5.41, 5.74) is 0.849. The van der Waals surface area contributed by atoms with Gasteiger partial charge in [0.2, 0.25) is 5.91 Å². The third-order valence-electron chi connectivity index (χ3n) is 3.16. The molecule has 0 aliphatic rings. The molecule has 0 fully saturated rings. The second-order valence-corrected chi connectivity index (χ2v) is 8.09. The second-order valence-electron chi connectivity index (χ2n) is 5.98. The van der Waals surface area contributed by atoms with Gasteiger partial charge in [0.1, 0.15) is 5.75 Å². The summed E-state index contributed by atoms with van der Waals surface area (Å²) in [7, 11) is -3.47. The first-order chi connectivity index (χ1) is 10.7. The molecule has 0 saturated heterocycles. The molecule has 0 heterocycles. The van der Waals surface area contributed by atoms with Crippen LogP contribution in [0.25, 0.3) is 0 Å². The zero-order valence-corrected chi connectivity index (χ0v) is 14.2. The molecule has 7 heteroatoms. The Labute approximate surface area is 136 Å². The van der Waals surface area contributed by atoms with Gasteiger partial charge < -0.3 is 10.4 Å². The van der Waals surface area contributed by atoms with Gasteiger partial charge in [-0.3, -0.25) is 9.59 Å². The first kappa shape index (κ1) is 19.2. The van der Waals surface area contributed by atoms with Crippen LogP contribution in [0.2, 0.25) is 0 Å². The number of hydrogen-bond acceptors (Lipinski definition) is 4. The molecule has 0 aliphatic carbocycles. The van der Waals surface area contributed by atoms with Crippen molar-refractivity contribution in [3.05, 3.63) is 35.9 Å². The number of carbonyl (C=O) groups is 2. The summed E-state index contributed by atoms with van der Waals surface area (Å²) >= 11 is 0. The Balaban J connectivity index is 2.55. The molecule has 1 aromatic carbocycles. The molecule has 1 amide bonds. The summed E-state index contributed by atoms with van der Waals surface area (Å²) in [5.74, 6) is -3.22. The lowest BCUT2D eigenvalue weighted by Crippen LogP contribution is -2.38.